The topological polar surface area (TPSA) is 106 Å². The van der Waals surface area contributed by atoms with Crippen LogP contribution in [0.4, 0.5) is 5.69 Å². The van der Waals surface area contributed by atoms with Gasteiger partial charge in [-0.3, -0.25) is 9.59 Å². The van der Waals surface area contributed by atoms with Crippen molar-refractivity contribution in [1.29, 1.82) is 0 Å². The average molecular weight is 476 g/mol. The minimum Gasteiger partial charge on any atom is -0.481 e. The van der Waals surface area contributed by atoms with Crippen molar-refractivity contribution >= 4 is 45.6 Å². The lowest BCUT2D eigenvalue weighted by molar-refractivity contribution is -0.143. The second-order valence-corrected chi connectivity index (χ2v) is 6.94. The van der Waals surface area contributed by atoms with Crippen LogP contribution in [0.15, 0.2) is 52.0 Å². The van der Waals surface area contributed by atoms with Crippen LogP contribution in [0.3, 0.4) is 0 Å². The molecule has 0 unspecified atom stereocenters. The van der Waals surface area contributed by atoms with Crippen LogP contribution in [0.25, 0.3) is 0 Å². The van der Waals surface area contributed by atoms with Crippen LogP contribution in [0.1, 0.15) is 24.5 Å². The number of benzene rings is 2. The van der Waals surface area contributed by atoms with E-state index < -0.39 is 17.8 Å². The SMILES string of the molecule is CCc1ccccc1NC(=O)CC(=O)NN=Cc1ccc(OCC(=O)OC)c(Br)c1. The zero-order valence-electron chi connectivity index (χ0n) is 16.6. The monoisotopic (exact) mass is 475 g/mol. The number of halogens is 1. The molecular weight excluding hydrogens is 454 g/mol. The third kappa shape index (κ3) is 7.32. The molecule has 0 aliphatic heterocycles. The standard InChI is InChI=1S/C21H22BrN3O5/c1-3-15-6-4-5-7-17(15)24-19(26)11-20(27)25-23-12-14-8-9-18(16(22)10-14)30-13-21(28)29-2/h4-10,12H,3,11,13H2,1-2H3,(H,24,26)(H,25,27). The maximum absolute atomic E-state index is 12.1. The van der Waals surface area contributed by atoms with Crippen molar-refractivity contribution in [3.8, 4) is 5.75 Å². The Bertz CT molecular complexity index is 946. The number of ether oxygens (including phenoxy) is 2. The Kier molecular flexibility index (Phi) is 9.02. The van der Waals surface area contributed by atoms with Crippen molar-refractivity contribution in [1.82, 2.24) is 5.43 Å². The highest BCUT2D eigenvalue weighted by atomic mass is 79.9. The summed E-state index contributed by atoms with van der Waals surface area (Å²) in [6.45, 7) is 1.78. The number of para-hydroxylation sites is 1. The summed E-state index contributed by atoms with van der Waals surface area (Å²) in [7, 11) is 1.28. The van der Waals surface area contributed by atoms with E-state index in [1.54, 1.807) is 24.3 Å². The number of rotatable bonds is 9. The van der Waals surface area contributed by atoms with E-state index >= 15 is 0 Å². The fourth-order valence-electron chi connectivity index (χ4n) is 2.42. The third-order valence-electron chi connectivity index (χ3n) is 3.93. The van der Waals surface area contributed by atoms with E-state index in [0.29, 0.717) is 21.5 Å². The van der Waals surface area contributed by atoms with E-state index in [1.807, 2.05) is 25.1 Å². The summed E-state index contributed by atoms with van der Waals surface area (Å²) in [5.74, 6) is -0.976. The number of hydrogen-bond acceptors (Lipinski definition) is 6. The highest BCUT2D eigenvalue weighted by Crippen LogP contribution is 2.25. The summed E-state index contributed by atoms with van der Waals surface area (Å²) in [6, 6.07) is 12.5. The summed E-state index contributed by atoms with van der Waals surface area (Å²) in [5, 5.41) is 6.59. The lowest BCUT2D eigenvalue weighted by Crippen LogP contribution is -2.25. The third-order valence-corrected chi connectivity index (χ3v) is 4.55. The predicted octanol–water partition coefficient (Wildman–Crippen LogP) is 3.04. The Morgan fingerprint density at radius 2 is 1.90 bits per heavy atom. The van der Waals surface area contributed by atoms with Crippen molar-refractivity contribution in [2.24, 2.45) is 5.10 Å². The molecule has 0 aliphatic rings. The smallest absolute Gasteiger partial charge is 0.343 e. The number of aryl methyl sites for hydroxylation is 1. The van der Waals surface area contributed by atoms with Gasteiger partial charge in [0.2, 0.25) is 11.8 Å². The number of amides is 2. The van der Waals surface area contributed by atoms with Crippen molar-refractivity contribution in [2.45, 2.75) is 19.8 Å². The molecule has 30 heavy (non-hydrogen) atoms. The van der Waals surface area contributed by atoms with E-state index in [0.717, 1.165) is 12.0 Å². The maximum Gasteiger partial charge on any atom is 0.343 e. The van der Waals surface area contributed by atoms with Crippen LogP contribution >= 0.6 is 15.9 Å². The molecule has 0 fully saturated rings. The van der Waals surface area contributed by atoms with Crippen LogP contribution < -0.4 is 15.5 Å². The Morgan fingerprint density at radius 3 is 2.60 bits per heavy atom. The molecule has 0 bridgehead atoms. The first-order chi connectivity index (χ1) is 14.4. The summed E-state index contributed by atoms with van der Waals surface area (Å²) in [4.78, 5) is 35.1. The van der Waals surface area contributed by atoms with Gasteiger partial charge in [0.15, 0.2) is 6.61 Å². The van der Waals surface area contributed by atoms with E-state index in [2.05, 4.69) is 36.5 Å². The fraction of sp³-hybridized carbons (Fsp3) is 0.238. The number of hydrogen-bond donors (Lipinski definition) is 2. The summed E-state index contributed by atoms with van der Waals surface area (Å²) < 4.78 is 10.4. The lowest BCUT2D eigenvalue weighted by atomic mass is 10.1. The first kappa shape index (κ1) is 23.1. The molecule has 2 N–H and O–H groups in total. The van der Waals surface area contributed by atoms with Gasteiger partial charge in [-0.25, -0.2) is 10.2 Å². The van der Waals surface area contributed by atoms with E-state index in [9.17, 15) is 14.4 Å². The maximum atomic E-state index is 12.1. The molecule has 2 amide bonds. The summed E-state index contributed by atoms with van der Waals surface area (Å²) in [6.07, 6.45) is 1.85. The van der Waals surface area contributed by atoms with E-state index in [4.69, 9.17) is 4.74 Å². The quantitative estimate of drug-likeness (QED) is 0.251. The van der Waals surface area contributed by atoms with Crippen LogP contribution in [0.5, 0.6) is 5.75 Å². The van der Waals surface area contributed by atoms with Gasteiger partial charge < -0.3 is 14.8 Å². The molecule has 0 aromatic heterocycles. The first-order valence-electron chi connectivity index (χ1n) is 9.11. The van der Waals surface area contributed by atoms with Gasteiger partial charge in [0.1, 0.15) is 12.2 Å². The molecule has 2 aromatic carbocycles. The molecule has 0 saturated carbocycles. The van der Waals surface area contributed by atoms with E-state index in [1.165, 1.54) is 13.3 Å². The number of carbonyl (C=O) groups is 3. The first-order valence-corrected chi connectivity index (χ1v) is 9.91. The van der Waals surface area contributed by atoms with Gasteiger partial charge >= 0.3 is 5.97 Å². The molecule has 0 spiro atoms. The highest BCUT2D eigenvalue weighted by molar-refractivity contribution is 9.10. The Balaban J connectivity index is 1.84. The number of hydrazone groups is 1. The summed E-state index contributed by atoms with van der Waals surface area (Å²) in [5.41, 5.74) is 4.68. The van der Waals surface area contributed by atoms with Crippen molar-refractivity contribution in [3.05, 3.63) is 58.1 Å². The van der Waals surface area contributed by atoms with Gasteiger partial charge in [0.25, 0.3) is 0 Å². The molecule has 2 rings (SSSR count). The van der Waals surface area contributed by atoms with Gasteiger partial charge in [0.05, 0.1) is 17.8 Å². The molecule has 0 aliphatic carbocycles. The second-order valence-electron chi connectivity index (χ2n) is 6.08. The molecule has 0 radical (unpaired) electrons. The molecule has 0 saturated heterocycles. The zero-order chi connectivity index (χ0) is 21.9. The molecule has 0 atom stereocenters. The number of nitrogens with zero attached hydrogens (tertiary/aromatic N) is 1. The van der Waals surface area contributed by atoms with Crippen LogP contribution in [0, 0.1) is 0 Å². The Labute approximate surface area is 182 Å². The van der Waals surface area contributed by atoms with E-state index in [-0.39, 0.29) is 13.0 Å². The number of methoxy groups -OCH3 is 1. The molecule has 0 heterocycles. The normalized spacial score (nSPS) is 10.5. The predicted molar refractivity (Wildman–Crippen MR) is 116 cm³/mol. The number of esters is 1. The number of anilines is 1. The number of nitrogens with one attached hydrogen (secondary N) is 2. The highest BCUT2D eigenvalue weighted by Gasteiger charge is 2.11. The molecule has 8 nitrogen and oxygen atoms in total. The van der Waals surface area contributed by atoms with Gasteiger partial charge in [-0.15, -0.1) is 0 Å². The van der Waals surface area contributed by atoms with Gasteiger partial charge in [-0.2, -0.15) is 5.10 Å². The summed E-state index contributed by atoms with van der Waals surface area (Å²) >= 11 is 3.34. The average Bonchev–Trinajstić information content (AvgIpc) is 2.73. The second kappa shape index (κ2) is 11.7. The van der Waals surface area contributed by atoms with Gasteiger partial charge in [-0.1, -0.05) is 25.1 Å². The largest absolute Gasteiger partial charge is 0.481 e. The van der Waals surface area contributed by atoms with Gasteiger partial charge in [-0.05, 0) is 57.7 Å². The minimum absolute atomic E-state index is 0.205. The van der Waals surface area contributed by atoms with Crippen LogP contribution in [0.2, 0.25) is 0 Å². The lowest BCUT2D eigenvalue weighted by Gasteiger charge is -2.09. The van der Waals surface area contributed by atoms with Crippen LogP contribution in [-0.2, 0) is 25.5 Å². The van der Waals surface area contributed by atoms with Crippen molar-refractivity contribution < 1.29 is 23.9 Å². The zero-order valence-corrected chi connectivity index (χ0v) is 18.2. The molecule has 9 heteroatoms. The minimum atomic E-state index is -0.533. The van der Waals surface area contributed by atoms with Crippen LogP contribution in [-0.4, -0.2) is 37.7 Å². The number of carbonyl (C=O) groups excluding carboxylic acids is 3. The molecular formula is C21H22BrN3O5. The van der Waals surface area contributed by atoms with Crippen molar-refractivity contribution in [3.63, 3.8) is 0 Å². The Hall–Kier alpha value is -3.20. The van der Waals surface area contributed by atoms with Crippen molar-refractivity contribution in [2.75, 3.05) is 19.0 Å². The van der Waals surface area contributed by atoms with Gasteiger partial charge in [0, 0.05) is 5.69 Å². The fourth-order valence-corrected chi connectivity index (χ4v) is 2.93. The molecule has 2 aromatic rings. The Morgan fingerprint density at radius 1 is 1.13 bits per heavy atom. The molecule has 158 valence electrons.